The van der Waals surface area contributed by atoms with Crippen LogP contribution < -0.4 is 10.7 Å². The molecule has 0 aliphatic rings. The molecular formula is C15H12F3N3OS. The first-order valence-corrected chi connectivity index (χ1v) is 6.82. The van der Waals surface area contributed by atoms with Crippen molar-refractivity contribution in [3.63, 3.8) is 0 Å². The number of phenolic OH excluding ortho intramolecular Hbond substituents is 1. The van der Waals surface area contributed by atoms with Crippen LogP contribution in [0.2, 0.25) is 0 Å². The number of phenols is 1. The molecule has 0 aromatic heterocycles. The molecule has 8 heteroatoms. The summed E-state index contributed by atoms with van der Waals surface area (Å²) in [6, 6.07) is 11.0. The fourth-order valence-corrected chi connectivity index (χ4v) is 1.87. The van der Waals surface area contributed by atoms with Gasteiger partial charge < -0.3 is 10.4 Å². The van der Waals surface area contributed by atoms with Crippen molar-refractivity contribution in [1.29, 1.82) is 0 Å². The molecular weight excluding hydrogens is 327 g/mol. The Bertz CT molecular complexity index is 732. The van der Waals surface area contributed by atoms with Gasteiger partial charge in [-0.2, -0.15) is 18.3 Å². The second kappa shape index (κ2) is 7.10. The summed E-state index contributed by atoms with van der Waals surface area (Å²) in [5.74, 6) is 0.0959. The van der Waals surface area contributed by atoms with Crippen LogP contribution in [0.5, 0.6) is 5.75 Å². The molecule has 0 heterocycles. The maximum Gasteiger partial charge on any atom is 0.416 e. The fraction of sp³-hybridized carbons (Fsp3) is 0.0667. The summed E-state index contributed by atoms with van der Waals surface area (Å²) in [5.41, 5.74) is 2.55. The normalized spacial score (nSPS) is 11.4. The lowest BCUT2D eigenvalue weighted by atomic mass is 10.2. The first kappa shape index (κ1) is 16.8. The number of anilines is 1. The molecule has 0 aliphatic carbocycles. The van der Waals surface area contributed by atoms with Gasteiger partial charge in [0.15, 0.2) is 5.11 Å². The lowest BCUT2D eigenvalue weighted by Crippen LogP contribution is -2.24. The monoisotopic (exact) mass is 339 g/mol. The number of rotatable bonds is 3. The molecule has 0 saturated heterocycles. The predicted molar refractivity (Wildman–Crippen MR) is 86.5 cm³/mol. The number of nitrogens with one attached hydrogen (secondary N) is 2. The number of hydrogen-bond donors (Lipinski definition) is 3. The van der Waals surface area contributed by atoms with Gasteiger partial charge in [-0.15, -0.1) is 0 Å². The van der Waals surface area contributed by atoms with E-state index in [-0.39, 0.29) is 16.5 Å². The molecule has 4 nitrogen and oxygen atoms in total. The van der Waals surface area contributed by atoms with Crippen LogP contribution in [0.1, 0.15) is 11.1 Å². The zero-order valence-electron chi connectivity index (χ0n) is 11.6. The van der Waals surface area contributed by atoms with Crippen LogP contribution in [0, 0.1) is 0 Å². The van der Waals surface area contributed by atoms with Crippen LogP contribution in [-0.4, -0.2) is 16.4 Å². The molecule has 0 amide bonds. The Morgan fingerprint density at radius 3 is 2.57 bits per heavy atom. The van der Waals surface area contributed by atoms with Gasteiger partial charge in [-0.05, 0) is 48.1 Å². The smallest absolute Gasteiger partial charge is 0.416 e. The second-order valence-corrected chi connectivity index (χ2v) is 4.91. The van der Waals surface area contributed by atoms with E-state index < -0.39 is 11.7 Å². The Labute approximate surface area is 135 Å². The largest absolute Gasteiger partial charge is 0.508 e. The molecule has 0 saturated carbocycles. The Balaban J connectivity index is 1.95. The third kappa shape index (κ3) is 5.26. The number of hydrazone groups is 1. The van der Waals surface area contributed by atoms with E-state index in [2.05, 4.69) is 15.8 Å². The highest BCUT2D eigenvalue weighted by molar-refractivity contribution is 7.80. The summed E-state index contributed by atoms with van der Waals surface area (Å²) in [5, 5.41) is 15.8. The Morgan fingerprint density at radius 2 is 1.87 bits per heavy atom. The lowest BCUT2D eigenvalue weighted by molar-refractivity contribution is -0.137. The van der Waals surface area contributed by atoms with Crippen molar-refractivity contribution in [2.24, 2.45) is 5.10 Å². The number of thiocarbonyl (C=S) groups is 1. The van der Waals surface area contributed by atoms with Crippen LogP contribution in [-0.2, 0) is 6.18 Å². The number of nitrogens with zero attached hydrogens (tertiary/aromatic N) is 1. The first-order chi connectivity index (χ1) is 10.8. The maximum absolute atomic E-state index is 12.6. The van der Waals surface area contributed by atoms with E-state index in [4.69, 9.17) is 12.2 Å². The van der Waals surface area contributed by atoms with Crippen molar-refractivity contribution in [3.8, 4) is 5.75 Å². The van der Waals surface area contributed by atoms with Gasteiger partial charge >= 0.3 is 6.18 Å². The van der Waals surface area contributed by atoms with E-state index in [1.54, 1.807) is 12.1 Å². The van der Waals surface area contributed by atoms with E-state index in [9.17, 15) is 18.3 Å². The number of alkyl halides is 3. The highest BCUT2D eigenvalue weighted by Gasteiger charge is 2.30. The second-order valence-electron chi connectivity index (χ2n) is 4.50. The topological polar surface area (TPSA) is 56.7 Å². The van der Waals surface area contributed by atoms with Crippen molar-refractivity contribution in [1.82, 2.24) is 5.43 Å². The molecule has 3 N–H and O–H groups in total. The number of benzene rings is 2. The quantitative estimate of drug-likeness (QED) is 0.453. The molecule has 2 aromatic rings. The van der Waals surface area contributed by atoms with Gasteiger partial charge in [0, 0.05) is 5.69 Å². The van der Waals surface area contributed by atoms with Crippen LogP contribution in [0.15, 0.2) is 53.6 Å². The zero-order chi connectivity index (χ0) is 16.9. The molecule has 0 radical (unpaired) electrons. The molecule has 0 bridgehead atoms. The molecule has 0 aliphatic heterocycles. The van der Waals surface area contributed by atoms with Gasteiger partial charge in [-0.25, -0.2) is 0 Å². The third-order valence-electron chi connectivity index (χ3n) is 2.70. The summed E-state index contributed by atoms with van der Waals surface area (Å²) in [6.45, 7) is 0. The van der Waals surface area contributed by atoms with Crippen molar-refractivity contribution in [3.05, 3.63) is 59.7 Å². The first-order valence-electron chi connectivity index (χ1n) is 6.41. The van der Waals surface area contributed by atoms with E-state index in [0.717, 1.165) is 12.1 Å². The summed E-state index contributed by atoms with van der Waals surface area (Å²) in [6.07, 6.45) is -3.00. The number of halogens is 3. The van der Waals surface area contributed by atoms with Gasteiger partial charge in [-0.1, -0.05) is 18.2 Å². The van der Waals surface area contributed by atoms with Crippen molar-refractivity contribution < 1.29 is 18.3 Å². The van der Waals surface area contributed by atoms with E-state index in [1.165, 1.54) is 30.5 Å². The summed E-state index contributed by atoms with van der Waals surface area (Å²) in [4.78, 5) is 0. The standard InChI is InChI=1S/C15H12F3N3OS/c16-15(17,18)11-4-2-5-12(8-11)20-14(23)21-19-9-10-3-1-6-13(22)7-10/h1-9,22H,(H2,20,21,23)/b19-9+. The predicted octanol–water partition coefficient (Wildman–Crippen LogP) is 3.73. The van der Waals surface area contributed by atoms with Crippen molar-refractivity contribution >= 4 is 29.2 Å². The van der Waals surface area contributed by atoms with Gasteiger partial charge in [0.1, 0.15) is 5.75 Å². The molecule has 0 fully saturated rings. The van der Waals surface area contributed by atoms with Crippen LogP contribution >= 0.6 is 12.2 Å². The van der Waals surface area contributed by atoms with Gasteiger partial charge in [0.25, 0.3) is 0 Å². The Kier molecular flexibility index (Phi) is 5.17. The minimum atomic E-state index is -4.42. The molecule has 2 rings (SSSR count). The molecule has 0 atom stereocenters. The molecule has 23 heavy (non-hydrogen) atoms. The molecule has 2 aromatic carbocycles. The van der Waals surface area contributed by atoms with Crippen LogP contribution in [0.3, 0.4) is 0 Å². The average molecular weight is 339 g/mol. The van der Waals surface area contributed by atoms with E-state index in [0.29, 0.717) is 5.56 Å². The van der Waals surface area contributed by atoms with Crippen LogP contribution in [0.25, 0.3) is 0 Å². The zero-order valence-corrected chi connectivity index (χ0v) is 12.4. The minimum Gasteiger partial charge on any atom is -0.508 e. The minimum absolute atomic E-state index is 0.0423. The van der Waals surface area contributed by atoms with Crippen molar-refractivity contribution in [2.75, 3.05) is 5.32 Å². The van der Waals surface area contributed by atoms with E-state index >= 15 is 0 Å². The molecule has 0 spiro atoms. The van der Waals surface area contributed by atoms with E-state index in [1.807, 2.05) is 0 Å². The summed E-state index contributed by atoms with van der Waals surface area (Å²) in [7, 11) is 0. The average Bonchev–Trinajstić information content (AvgIpc) is 2.46. The Morgan fingerprint density at radius 1 is 1.13 bits per heavy atom. The third-order valence-corrected chi connectivity index (χ3v) is 2.89. The van der Waals surface area contributed by atoms with Gasteiger partial charge in [0.2, 0.25) is 0 Å². The highest BCUT2D eigenvalue weighted by Crippen LogP contribution is 2.30. The molecule has 0 unspecified atom stereocenters. The SMILES string of the molecule is Oc1cccc(/C=N/NC(=S)Nc2cccc(C(F)(F)F)c2)c1. The summed E-state index contributed by atoms with van der Waals surface area (Å²) >= 11 is 4.95. The fourth-order valence-electron chi connectivity index (χ4n) is 1.70. The summed E-state index contributed by atoms with van der Waals surface area (Å²) < 4.78 is 37.8. The molecule has 120 valence electrons. The van der Waals surface area contributed by atoms with Crippen molar-refractivity contribution in [2.45, 2.75) is 6.18 Å². The number of hydrogen-bond acceptors (Lipinski definition) is 3. The van der Waals surface area contributed by atoms with Gasteiger partial charge in [-0.3, -0.25) is 5.43 Å². The number of aromatic hydroxyl groups is 1. The highest BCUT2D eigenvalue weighted by atomic mass is 32.1. The maximum atomic E-state index is 12.6. The van der Waals surface area contributed by atoms with Crippen LogP contribution in [0.4, 0.5) is 18.9 Å². The lowest BCUT2D eigenvalue weighted by Gasteiger charge is -2.10. The Hall–Kier alpha value is -2.61. The van der Waals surface area contributed by atoms with Gasteiger partial charge in [0.05, 0.1) is 11.8 Å².